The van der Waals surface area contributed by atoms with Crippen LogP contribution in [0, 0.1) is 0 Å². The highest BCUT2D eigenvalue weighted by Gasteiger charge is 2.14. The molecule has 0 radical (unpaired) electrons. The van der Waals surface area contributed by atoms with E-state index in [1.807, 2.05) is 12.1 Å². The maximum absolute atomic E-state index is 12.1. The molecule has 2 rings (SSSR count). The normalized spacial score (nSPS) is 10.8. The van der Waals surface area contributed by atoms with Crippen molar-refractivity contribution < 1.29 is 14.3 Å². The van der Waals surface area contributed by atoms with E-state index in [1.54, 1.807) is 36.4 Å². The van der Waals surface area contributed by atoms with Crippen LogP contribution in [-0.4, -0.2) is 18.9 Å². The van der Waals surface area contributed by atoms with Gasteiger partial charge in [-0.1, -0.05) is 39.0 Å². The van der Waals surface area contributed by atoms with E-state index in [1.165, 1.54) is 7.11 Å². The molecule has 0 aromatic heterocycles. The fourth-order valence-corrected chi connectivity index (χ4v) is 2.14. The summed E-state index contributed by atoms with van der Waals surface area (Å²) in [6.07, 6.45) is 0. The predicted octanol–water partition coefficient (Wildman–Crippen LogP) is 3.07. The van der Waals surface area contributed by atoms with Gasteiger partial charge in [0.05, 0.1) is 7.11 Å². The summed E-state index contributed by atoms with van der Waals surface area (Å²) < 4.78 is 5.07. The average Bonchev–Trinajstić information content (AvgIpc) is 2.58. The van der Waals surface area contributed by atoms with Gasteiger partial charge in [0.1, 0.15) is 5.75 Å². The Hall–Kier alpha value is -2.82. The van der Waals surface area contributed by atoms with Crippen molar-refractivity contribution in [1.29, 1.82) is 0 Å². The third-order valence-corrected chi connectivity index (χ3v) is 3.63. The molecule has 24 heavy (non-hydrogen) atoms. The summed E-state index contributed by atoms with van der Waals surface area (Å²) in [5.41, 5.74) is 6.86. The molecule has 2 aromatic rings. The van der Waals surface area contributed by atoms with Gasteiger partial charge >= 0.3 is 0 Å². The highest BCUT2D eigenvalue weighted by molar-refractivity contribution is 5.99. The molecule has 0 saturated carbocycles. The number of methoxy groups -OCH3 is 1. The van der Waals surface area contributed by atoms with Crippen LogP contribution in [0.25, 0.3) is 0 Å². The molecule has 0 fully saturated rings. The lowest BCUT2D eigenvalue weighted by Gasteiger charge is -2.19. The Bertz CT molecular complexity index is 731. The predicted molar refractivity (Wildman–Crippen MR) is 93.1 cm³/mol. The monoisotopic (exact) mass is 326 g/mol. The van der Waals surface area contributed by atoms with Crippen molar-refractivity contribution >= 4 is 11.8 Å². The Labute approximate surface area is 142 Å². The second kappa shape index (κ2) is 7.17. The van der Waals surface area contributed by atoms with Crippen LogP contribution in [0.4, 0.5) is 0 Å². The van der Waals surface area contributed by atoms with Gasteiger partial charge < -0.3 is 4.74 Å². The average molecular weight is 326 g/mol. The summed E-state index contributed by atoms with van der Waals surface area (Å²) >= 11 is 0. The van der Waals surface area contributed by atoms with Crippen LogP contribution in [0.1, 0.15) is 47.1 Å². The van der Waals surface area contributed by atoms with Gasteiger partial charge in [0, 0.05) is 11.1 Å². The molecule has 0 atom stereocenters. The number of amides is 2. The minimum atomic E-state index is -0.409. The molecule has 126 valence electrons. The Morgan fingerprint density at radius 1 is 0.875 bits per heavy atom. The summed E-state index contributed by atoms with van der Waals surface area (Å²) in [6.45, 7) is 6.32. The van der Waals surface area contributed by atoms with E-state index >= 15 is 0 Å². The van der Waals surface area contributed by atoms with Crippen molar-refractivity contribution in [2.75, 3.05) is 7.11 Å². The fourth-order valence-electron chi connectivity index (χ4n) is 2.14. The van der Waals surface area contributed by atoms with Crippen LogP contribution >= 0.6 is 0 Å². The Kier molecular flexibility index (Phi) is 5.24. The van der Waals surface area contributed by atoms with Crippen LogP contribution < -0.4 is 15.6 Å². The number of nitrogens with one attached hydrogen (secondary N) is 2. The topological polar surface area (TPSA) is 67.4 Å². The van der Waals surface area contributed by atoms with E-state index in [9.17, 15) is 9.59 Å². The van der Waals surface area contributed by atoms with E-state index in [0.29, 0.717) is 16.9 Å². The van der Waals surface area contributed by atoms with E-state index < -0.39 is 5.91 Å². The van der Waals surface area contributed by atoms with Crippen molar-refractivity contribution in [3.8, 4) is 5.75 Å². The SMILES string of the molecule is COc1cccc(C(=O)NNC(=O)c2ccc(C(C)(C)C)cc2)c1. The molecule has 0 spiro atoms. The lowest BCUT2D eigenvalue weighted by molar-refractivity contribution is 0.0846. The Morgan fingerprint density at radius 2 is 1.46 bits per heavy atom. The number of carbonyl (C=O) groups is 2. The molecule has 2 N–H and O–H groups in total. The summed E-state index contributed by atoms with van der Waals surface area (Å²) in [7, 11) is 1.53. The third-order valence-electron chi connectivity index (χ3n) is 3.63. The molecule has 0 aliphatic heterocycles. The first-order chi connectivity index (χ1) is 11.3. The molecule has 0 aliphatic rings. The smallest absolute Gasteiger partial charge is 0.269 e. The fraction of sp³-hybridized carbons (Fsp3) is 0.263. The third kappa shape index (κ3) is 4.35. The van der Waals surface area contributed by atoms with E-state index in [2.05, 4.69) is 31.6 Å². The van der Waals surface area contributed by atoms with Crippen LogP contribution in [0.2, 0.25) is 0 Å². The maximum Gasteiger partial charge on any atom is 0.269 e. The molecule has 0 saturated heterocycles. The zero-order valence-electron chi connectivity index (χ0n) is 14.3. The van der Waals surface area contributed by atoms with Crippen LogP contribution in [0.5, 0.6) is 5.75 Å². The zero-order chi connectivity index (χ0) is 17.7. The molecule has 0 bridgehead atoms. The van der Waals surface area contributed by atoms with Crippen LogP contribution in [0.3, 0.4) is 0 Å². The molecule has 0 unspecified atom stereocenters. The highest BCUT2D eigenvalue weighted by atomic mass is 16.5. The largest absolute Gasteiger partial charge is 0.497 e. The molecule has 0 aliphatic carbocycles. The maximum atomic E-state index is 12.1. The van der Waals surface area contributed by atoms with Crippen LogP contribution in [-0.2, 0) is 5.41 Å². The van der Waals surface area contributed by atoms with Crippen molar-refractivity contribution in [2.45, 2.75) is 26.2 Å². The van der Waals surface area contributed by atoms with E-state index in [0.717, 1.165) is 5.56 Å². The van der Waals surface area contributed by atoms with Gasteiger partial charge in [-0.15, -0.1) is 0 Å². The molecule has 5 nitrogen and oxygen atoms in total. The van der Waals surface area contributed by atoms with Gasteiger partial charge in [0.25, 0.3) is 11.8 Å². The van der Waals surface area contributed by atoms with Crippen LogP contribution in [0.15, 0.2) is 48.5 Å². The second-order valence-corrected chi connectivity index (χ2v) is 6.47. The van der Waals surface area contributed by atoms with E-state index in [-0.39, 0.29) is 11.3 Å². The number of carbonyl (C=O) groups excluding carboxylic acids is 2. The number of hydrogen-bond donors (Lipinski definition) is 2. The van der Waals surface area contributed by atoms with Crippen molar-refractivity contribution in [2.24, 2.45) is 0 Å². The number of benzene rings is 2. The zero-order valence-corrected chi connectivity index (χ0v) is 14.3. The summed E-state index contributed by atoms with van der Waals surface area (Å²) in [6, 6.07) is 14.0. The van der Waals surface area contributed by atoms with Gasteiger partial charge in [-0.2, -0.15) is 0 Å². The van der Waals surface area contributed by atoms with Crippen molar-refractivity contribution in [3.05, 3.63) is 65.2 Å². The highest BCUT2D eigenvalue weighted by Crippen LogP contribution is 2.22. The molecule has 2 amide bonds. The Morgan fingerprint density at radius 3 is 2.00 bits per heavy atom. The van der Waals surface area contributed by atoms with Crippen molar-refractivity contribution in [3.63, 3.8) is 0 Å². The number of ether oxygens (including phenoxy) is 1. The van der Waals surface area contributed by atoms with Gasteiger partial charge in [-0.3, -0.25) is 20.4 Å². The quantitative estimate of drug-likeness (QED) is 0.852. The minimum Gasteiger partial charge on any atom is -0.497 e. The summed E-state index contributed by atoms with van der Waals surface area (Å²) in [4.78, 5) is 24.2. The molecule has 2 aromatic carbocycles. The van der Waals surface area contributed by atoms with Gasteiger partial charge in [0.15, 0.2) is 0 Å². The summed E-state index contributed by atoms with van der Waals surface area (Å²) in [5.74, 6) is -0.202. The first kappa shape index (κ1) is 17.5. The first-order valence-corrected chi connectivity index (χ1v) is 7.66. The second-order valence-electron chi connectivity index (χ2n) is 6.47. The van der Waals surface area contributed by atoms with Gasteiger partial charge in [-0.25, -0.2) is 0 Å². The summed E-state index contributed by atoms with van der Waals surface area (Å²) in [5, 5.41) is 0. The standard InChI is InChI=1S/C19H22N2O3/c1-19(2,3)15-10-8-13(9-11-15)17(22)20-21-18(23)14-6-5-7-16(12-14)24-4/h5-12H,1-4H3,(H,20,22)(H,21,23). The molecular formula is C19H22N2O3. The first-order valence-electron chi connectivity index (χ1n) is 7.66. The number of hydrogen-bond acceptors (Lipinski definition) is 3. The lowest BCUT2D eigenvalue weighted by atomic mass is 9.87. The molecule has 0 heterocycles. The number of hydrazine groups is 1. The number of rotatable bonds is 3. The lowest BCUT2D eigenvalue weighted by Crippen LogP contribution is -2.41. The Balaban J connectivity index is 1.98. The van der Waals surface area contributed by atoms with Gasteiger partial charge in [-0.05, 0) is 41.3 Å². The van der Waals surface area contributed by atoms with Crippen molar-refractivity contribution in [1.82, 2.24) is 10.9 Å². The molecule has 5 heteroatoms. The van der Waals surface area contributed by atoms with Gasteiger partial charge in [0.2, 0.25) is 0 Å². The molecular weight excluding hydrogens is 304 g/mol. The van der Waals surface area contributed by atoms with E-state index in [4.69, 9.17) is 4.74 Å². The minimum absolute atomic E-state index is 0.0234.